The van der Waals surface area contributed by atoms with Crippen molar-refractivity contribution in [3.05, 3.63) is 60.7 Å². The Kier molecular flexibility index (Phi) is 3.67. The van der Waals surface area contributed by atoms with Crippen LogP contribution >= 0.6 is 0 Å². The van der Waals surface area contributed by atoms with Gasteiger partial charge >= 0.3 is 0 Å². The second-order valence-corrected chi connectivity index (χ2v) is 5.38. The summed E-state index contributed by atoms with van der Waals surface area (Å²) < 4.78 is 16.2. The Balaban J connectivity index is 1.43. The van der Waals surface area contributed by atoms with Crippen LogP contribution in [0, 0.1) is 0 Å². The van der Waals surface area contributed by atoms with Gasteiger partial charge in [0.25, 0.3) is 5.91 Å². The van der Waals surface area contributed by atoms with E-state index in [2.05, 4.69) is 5.32 Å². The zero-order valence-corrected chi connectivity index (χ0v) is 12.8. The quantitative estimate of drug-likeness (QED) is 0.798. The van der Waals surface area contributed by atoms with Gasteiger partial charge in [-0.15, -0.1) is 0 Å². The van der Waals surface area contributed by atoms with Crippen LogP contribution in [0.25, 0.3) is 10.8 Å². The molecule has 0 radical (unpaired) electrons. The minimum Gasteiger partial charge on any atom is -0.483 e. The molecule has 0 bridgehead atoms. The van der Waals surface area contributed by atoms with Crippen molar-refractivity contribution >= 4 is 22.4 Å². The number of ether oxygens (including phenoxy) is 3. The summed E-state index contributed by atoms with van der Waals surface area (Å²) in [5.41, 5.74) is 0.644. The smallest absolute Gasteiger partial charge is 0.262 e. The lowest BCUT2D eigenvalue weighted by atomic mass is 10.1. The van der Waals surface area contributed by atoms with Crippen LogP contribution in [0.2, 0.25) is 0 Å². The summed E-state index contributed by atoms with van der Waals surface area (Å²) in [5.74, 6) is 1.76. The van der Waals surface area contributed by atoms with Gasteiger partial charge in [0.05, 0.1) is 0 Å². The van der Waals surface area contributed by atoms with E-state index in [-0.39, 0.29) is 19.3 Å². The third kappa shape index (κ3) is 2.84. The van der Waals surface area contributed by atoms with Crippen molar-refractivity contribution in [2.75, 3.05) is 18.7 Å². The predicted octanol–water partition coefficient (Wildman–Crippen LogP) is 3.59. The number of hydrogen-bond donors (Lipinski definition) is 1. The van der Waals surface area contributed by atoms with Crippen molar-refractivity contribution in [3.63, 3.8) is 0 Å². The average Bonchev–Trinajstić information content (AvgIpc) is 3.07. The molecule has 0 atom stereocenters. The largest absolute Gasteiger partial charge is 0.483 e. The maximum atomic E-state index is 12.1. The van der Waals surface area contributed by atoms with Crippen LogP contribution in [0.4, 0.5) is 5.69 Å². The molecule has 120 valence electrons. The van der Waals surface area contributed by atoms with Gasteiger partial charge in [-0.2, -0.15) is 0 Å². The molecule has 1 aliphatic heterocycles. The van der Waals surface area contributed by atoms with E-state index in [9.17, 15) is 4.79 Å². The topological polar surface area (TPSA) is 56.8 Å². The summed E-state index contributed by atoms with van der Waals surface area (Å²) >= 11 is 0. The fraction of sp³-hybridized carbons (Fsp3) is 0.105. The maximum Gasteiger partial charge on any atom is 0.262 e. The van der Waals surface area contributed by atoms with Crippen LogP contribution in [0.1, 0.15) is 0 Å². The average molecular weight is 321 g/mol. The van der Waals surface area contributed by atoms with Gasteiger partial charge < -0.3 is 19.5 Å². The second-order valence-electron chi connectivity index (χ2n) is 5.38. The monoisotopic (exact) mass is 321 g/mol. The van der Waals surface area contributed by atoms with Gasteiger partial charge in [0, 0.05) is 17.1 Å². The zero-order chi connectivity index (χ0) is 16.4. The molecule has 3 aromatic rings. The Morgan fingerprint density at radius 1 is 1.00 bits per heavy atom. The minimum atomic E-state index is -0.234. The first-order chi connectivity index (χ1) is 11.8. The summed E-state index contributed by atoms with van der Waals surface area (Å²) in [4.78, 5) is 12.1. The third-order valence-corrected chi connectivity index (χ3v) is 3.76. The van der Waals surface area contributed by atoms with Crippen molar-refractivity contribution in [2.45, 2.75) is 0 Å². The van der Waals surface area contributed by atoms with E-state index in [1.807, 2.05) is 42.5 Å². The van der Waals surface area contributed by atoms with Crippen molar-refractivity contribution in [3.8, 4) is 17.2 Å². The number of hydrogen-bond acceptors (Lipinski definition) is 4. The molecule has 0 aliphatic carbocycles. The van der Waals surface area contributed by atoms with E-state index in [1.165, 1.54) is 0 Å². The molecule has 1 amide bonds. The van der Waals surface area contributed by atoms with E-state index < -0.39 is 0 Å². The number of rotatable bonds is 4. The number of benzene rings is 3. The maximum absolute atomic E-state index is 12.1. The van der Waals surface area contributed by atoms with Gasteiger partial charge in [0.2, 0.25) is 6.79 Å². The Bertz CT molecular complexity index is 902. The Morgan fingerprint density at radius 3 is 2.79 bits per heavy atom. The third-order valence-electron chi connectivity index (χ3n) is 3.76. The second kappa shape index (κ2) is 6.12. The number of carbonyl (C=O) groups is 1. The molecule has 1 heterocycles. The summed E-state index contributed by atoms with van der Waals surface area (Å²) in [5, 5.41) is 4.85. The highest BCUT2D eigenvalue weighted by atomic mass is 16.7. The van der Waals surface area contributed by atoms with Crippen LogP contribution < -0.4 is 19.5 Å². The molecule has 0 spiro atoms. The highest BCUT2D eigenvalue weighted by molar-refractivity contribution is 5.93. The molecule has 0 fully saturated rings. The van der Waals surface area contributed by atoms with E-state index >= 15 is 0 Å². The standard InChI is InChI=1S/C19H15NO4/c21-19(20-14-8-9-17-18(10-14)24-12-23-17)11-22-16-7-3-5-13-4-1-2-6-15(13)16/h1-10H,11-12H2,(H,20,21). The van der Waals surface area contributed by atoms with E-state index in [1.54, 1.807) is 18.2 Å². The molecule has 0 saturated heterocycles. The molecule has 5 heteroatoms. The van der Waals surface area contributed by atoms with Crippen LogP contribution in [-0.2, 0) is 4.79 Å². The number of fused-ring (bicyclic) bond motifs is 2. The van der Waals surface area contributed by atoms with Crippen molar-refractivity contribution in [1.82, 2.24) is 0 Å². The first-order valence-electron chi connectivity index (χ1n) is 7.60. The van der Waals surface area contributed by atoms with Gasteiger partial charge in [-0.3, -0.25) is 4.79 Å². The fourth-order valence-corrected chi connectivity index (χ4v) is 2.64. The molecule has 0 unspecified atom stereocenters. The summed E-state index contributed by atoms with van der Waals surface area (Å²) in [6.45, 7) is 0.138. The van der Waals surface area contributed by atoms with E-state index in [0.717, 1.165) is 10.8 Å². The van der Waals surface area contributed by atoms with Crippen LogP contribution in [0.3, 0.4) is 0 Å². The Hall–Kier alpha value is -3.21. The fourth-order valence-electron chi connectivity index (χ4n) is 2.64. The normalized spacial score (nSPS) is 12.2. The molecule has 1 N–H and O–H groups in total. The zero-order valence-electron chi connectivity index (χ0n) is 12.8. The van der Waals surface area contributed by atoms with Gasteiger partial charge in [-0.05, 0) is 23.6 Å². The summed E-state index contributed by atoms with van der Waals surface area (Å²) in [6.07, 6.45) is 0. The number of anilines is 1. The molecule has 3 aromatic carbocycles. The van der Waals surface area contributed by atoms with Gasteiger partial charge in [-0.1, -0.05) is 36.4 Å². The minimum absolute atomic E-state index is 0.0670. The SMILES string of the molecule is O=C(COc1cccc2ccccc12)Nc1ccc2c(c1)OCO2. The van der Waals surface area contributed by atoms with Crippen molar-refractivity contribution in [2.24, 2.45) is 0 Å². The molecule has 0 saturated carbocycles. The van der Waals surface area contributed by atoms with Gasteiger partial charge in [-0.25, -0.2) is 0 Å². The molecule has 4 rings (SSSR count). The predicted molar refractivity (Wildman–Crippen MR) is 90.6 cm³/mol. The highest BCUT2D eigenvalue weighted by Gasteiger charge is 2.14. The first-order valence-corrected chi connectivity index (χ1v) is 7.60. The highest BCUT2D eigenvalue weighted by Crippen LogP contribution is 2.34. The molecular formula is C19H15NO4. The van der Waals surface area contributed by atoms with Crippen molar-refractivity contribution < 1.29 is 19.0 Å². The number of carbonyl (C=O) groups excluding carboxylic acids is 1. The van der Waals surface area contributed by atoms with E-state index in [4.69, 9.17) is 14.2 Å². The van der Waals surface area contributed by atoms with E-state index in [0.29, 0.717) is 22.9 Å². The molecule has 24 heavy (non-hydrogen) atoms. The Morgan fingerprint density at radius 2 is 1.83 bits per heavy atom. The number of nitrogens with one attached hydrogen (secondary N) is 1. The van der Waals surface area contributed by atoms with Crippen LogP contribution in [0.15, 0.2) is 60.7 Å². The summed E-state index contributed by atoms with van der Waals surface area (Å²) in [7, 11) is 0. The molecule has 5 nitrogen and oxygen atoms in total. The number of amides is 1. The molecular weight excluding hydrogens is 306 g/mol. The lowest BCUT2D eigenvalue weighted by Crippen LogP contribution is -2.20. The lowest BCUT2D eigenvalue weighted by molar-refractivity contribution is -0.118. The van der Waals surface area contributed by atoms with Crippen molar-refractivity contribution in [1.29, 1.82) is 0 Å². The van der Waals surface area contributed by atoms with Gasteiger partial charge in [0.15, 0.2) is 18.1 Å². The lowest BCUT2D eigenvalue weighted by Gasteiger charge is -2.10. The Labute approximate surface area is 138 Å². The molecule has 0 aromatic heterocycles. The first kappa shape index (κ1) is 14.4. The van der Waals surface area contributed by atoms with Crippen LogP contribution in [0.5, 0.6) is 17.2 Å². The van der Waals surface area contributed by atoms with Crippen LogP contribution in [-0.4, -0.2) is 19.3 Å². The van der Waals surface area contributed by atoms with Gasteiger partial charge in [0.1, 0.15) is 5.75 Å². The summed E-state index contributed by atoms with van der Waals surface area (Å²) in [6, 6.07) is 18.9. The molecule has 1 aliphatic rings.